The molecule has 3 aromatic heterocycles. The van der Waals surface area contributed by atoms with Crippen LogP contribution in [0.25, 0.3) is 11.2 Å². The lowest BCUT2D eigenvalue weighted by atomic mass is 10.1. The number of pyridine rings is 1. The van der Waals surface area contributed by atoms with Gasteiger partial charge in [0.25, 0.3) is 0 Å². The number of hydrogen-bond donors (Lipinski definition) is 2. The third kappa shape index (κ3) is 4.32. The monoisotopic (exact) mass is 403 g/mol. The topological polar surface area (TPSA) is 89.8 Å². The van der Waals surface area contributed by atoms with Crippen LogP contribution in [0.2, 0.25) is 0 Å². The summed E-state index contributed by atoms with van der Waals surface area (Å²) in [7, 11) is 1.67. The van der Waals surface area contributed by atoms with E-state index < -0.39 is 0 Å². The fraction of sp³-hybridized carbons (Fsp3) is 0.273. The normalized spacial score (nSPS) is 11.1. The SMILES string of the molecule is COc1ccc(CCNc2nc(Nc3ccncc3)nc3c2ncn3C(C)C)cc1. The maximum atomic E-state index is 5.22. The van der Waals surface area contributed by atoms with Crippen molar-refractivity contribution in [3.8, 4) is 5.75 Å². The average Bonchev–Trinajstić information content (AvgIpc) is 3.19. The number of ether oxygens (including phenoxy) is 1. The summed E-state index contributed by atoms with van der Waals surface area (Å²) in [5.41, 5.74) is 3.66. The largest absolute Gasteiger partial charge is 0.497 e. The molecule has 0 aliphatic rings. The molecule has 0 radical (unpaired) electrons. The van der Waals surface area contributed by atoms with Gasteiger partial charge in [0.05, 0.1) is 13.4 Å². The highest BCUT2D eigenvalue weighted by Crippen LogP contribution is 2.24. The number of imidazole rings is 1. The van der Waals surface area contributed by atoms with E-state index in [9.17, 15) is 0 Å². The summed E-state index contributed by atoms with van der Waals surface area (Å²) >= 11 is 0. The van der Waals surface area contributed by atoms with Crippen LogP contribution in [-0.2, 0) is 6.42 Å². The molecule has 8 heteroatoms. The van der Waals surface area contributed by atoms with E-state index in [0.29, 0.717) is 11.8 Å². The Kier molecular flexibility index (Phi) is 5.74. The Balaban J connectivity index is 1.58. The Morgan fingerprint density at radius 2 is 1.80 bits per heavy atom. The lowest BCUT2D eigenvalue weighted by molar-refractivity contribution is 0.414. The fourth-order valence-corrected chi connectivity index (χ4v) is 3.16. The molecular formula is C22H25N7O. The molecule has 0 bridgehead atoms. The maximum absolute atomic E-state index is 5.22. The molecule has 0 unspecified atom stereocenters. The van der Waals surface area contributed by atoms with Gasteiger partial charge >= 0.3 is 0 Å². The zero-order valence-corrected chi connectivity index (χ0v) is 17.3. The van der Waals surface area contributed by atoms with Crippen molar-refractivity contribution in [2.45, 2.75) is 26.3 Å². The molecule has 0 aliphatic heterocycles. The predicted molar refractivity (Wildman–Crippen MR) is 118 cm³/mol. The first-order valence-electron chi connectivity index (χ1n) is 9.92. The fourth-order valence-electron chi connectivity index (χ4n) is 3.16. The number of methoxy groups -OCH3 is 1. The lowest BCUT2D eigenvalue weighted by Gasteiger charge is -2.12. The minimum absolute atomic E-state index is 0.242. The van der Waals surface area contributed by atoms with Gasteiger partial charge in [-0.25, -0.2) is 4.98 Å². The molecule has 0 saturated heterocycles. The highest BCUT2D eigenvalue weighted by atomic mass is 16.5. The minimum atomic E-state index is 0.242. The molecule has 4 rings (SSSR count). The molecule has 8 nitrogen and oxygen atoms in total. The molecule has 0 atom stereocenters. The third-order valence-electron chi connectivity index (χ3n) is 4.78. The van der Waals surface area contributed by atoms with E-state index in [4.69, 9.17) is 9.72 Å². The summed E-state index contributed by atoms with van der Waals surface area (Å²) in [6, 6.07) is 12.1. The number of benzene rings is 1. The van der Waals surface area contributed by atoms with Crippen molar-refractivity contribution < 1.29 is 4.74 Å². The first-order valence-corrected chi connectivity index (χ1v) is 9.92. The average molecular weight is 403 g/mol. The molecule has 0 saturated carbocycles. The maximum Gasteiger partial charge on any atom is 0.231 e. The number of nitrogens with zero attached hydrogens (tertiary/aromatic N) is 5. The highest BCUT2D eigenvalue weighted by Gasteiger charge is 2.15. The van der Waals surface area contributed by atoms with Crippen LogP contribution in [0.3, 0.4) is 0 Å². The summed E-state index contributed by atoms with van der Waals surface area (Å²) in [5, 5.41) is 6.69. The van der Waals surface area contributed by atoms with Gasteiger partial charge in [-0.15, -0.1) is 0 Å². The Bertz CT molecular complexity index is 1110. The number of anilines is 3. The van der Waals surface area contributed by atoms with E-state index in [1.807, 2.05) is 35.2 Å². The summed E-state index contributed by atoms with van der Waals surface area (Å²) < 4.78 is 7.27. The molecule has 3 heterocycles. The first kappa shape index (κ1) is 19.6. The van der Waals surface area contributed by atoms with E-state index in [1.54, 1.807) is 19.5 Å². The van der Waals surface area contributed by atoms with Crippen LogP contribution in [0.5, 0.6) is 5.75 Å². The van der Waals surface area contributed by atoms with Gasteiger partial charge in [-0.1, -0.05) is 12.1 Å². The second-order valence-electron chi connectivity index (χ2n) is 7.20. The third-order valence-corrected chi connectivity index (χ3v) is 4.78. The smallest absolute Gasteiger partial charge is 0.231 e. The van der Waals surface area contributed by atoms with Crippen molar-refractivity contribution >= 4 is 28.6 Å². The standard InChI is InChI=1S/C22H25N7O/c1-15(2)29-14-25-19-20(24-13-8-16-4-6-18(30-3)7-5-16)27-22(28-21(19)29)26-17-9-11-23-12-10-17/h4-7,9-12,14-15H,8,13H2,1-3H3,(H2,23,24,26,27,28). The summed E-state index contributed by atoms with van der Waals surface area (Å²) in [4.78, 5) is 18.0. The van der Waals surface area contributed by atoms with Crippen LogP contribution in [-0.4, -0.2) is 38.2 Å². The molecule has 0 aliphatic carbocycles. The number of hydrogen-bond acceptors (Lipinski definition) is 7. The lowest BCUT2D eigenvalue weighted by Crippen LogP contribution is -2.10. The van der Waals surface area contributed by atoms with Gasteiger partial charge in [-0.2, -0.15) is 9.97 Å². The van der Waals surface area contributed by atoms with Gasteiger partial charge in [0.1, 0.15) is 5.75 Å². The van der Waals surface area contributed by atoms with E-state index in [0.717, 1.165) is 35.6 Å². The van der Waals surface area contributed by atoms with Gasteiger partial charge in [-0.3, -0.25) is 4.98 Å². The van der Waals surface area contributed by atoms with Crippen molar-refractivity contribution in [2.24, 2.45) is 0 Å². The number of rotatable bonds is 8. The molecule has 0 spiro atoms. The number of nitrogens with one attached hydrogen (secondary N) is 2. The van der Waals surface area contributed by atoms with Crippen molar-refractivity contribution in [1.82, 2.24) is 24.5 Å². The molecule has 2 N–H and O–H groups in total. The zero-order chi connectivity index (χ0) is 20.9. The van der Waals surface area contributed by atoms with Gasteiger partial charge in [0.15, 0.2) is 17.0 Å². The molecule has 0 amide bonds. The minimum Gasteiger partial charge on any atom is -0.497 e. The summed E-state index contributed by atoms with van der Waals surface area (Å²) in [5.74, 6) is 2.09. The van der Waals surface area contributed by atoms with Crippen LogP contribution in [0.1, 0.15) is 25.5 Å². The summed E-state index contributed by atoms with van der Waals surface area (Å²) in [6.07, 6.45) is 6.13. The second-order valence-corrected chi connectivity index (χ2v) is 7.20. The van der Waals surface area contributed by atoms with Gasteiger partial charge in [0, 0.05) is 30.7 Å². The Labute approximate surface area is 175 Å². The van der Waals surface area contributed by atoms with Crippen molar-refractivity contribution in [3.63, 3.8) is 0 Å². The Morgan fingerprint density at radius 3 is 2.50 bits per heavy atom. The molecule has 1 aromatic carbocycles. The van der Waals surface area contributed by atoms with Gasteiger partial charge in [0.2, 0.25) is 5.95 Å². The van der Waals surface area contributed by atoms with E-state index >= 15 is 0 Å². The number of aromatic nitrogens is 5. The zero-order valence-electron chi connectivity index (χ0n) is 17.3. The van der Waals surface area contributed by atoms with Crippen LogP contribution < -0.4 is 15.4 Å². The molecular weight excluding hydrogens is 378 g/mol. The van der Waals surface area contributed by atoms with Crippen molar-refractivity contribution in [3.05, 3.63) is 60.7 Å². The quantitative estimate of drug-likeness (QED) is 0.455. The van der Waals surface area contributed by atoms with Crippen LogP contribution in [0.15, 0.2) is 55.1 Å². The molecule has 0 fully saturated rings. The van der Waals surface area contributed by atoms with Crippen molar-refractivity contribution in [1.29, 1.82) is 0 Å². The van der Waals surface area contributed by atoms with Gasteiger partial charge < -0.3 is 19.9 Å². The molecule has 4 aromatic rings. The van der Waals surface area contributed by atoms with Crippen LogP contribution in [0, 0.1) is 0 Å². The first-order chi connectivity index (χ1) is 14.6. The second kappa shape index (κ2) is 8.77. The van der Waals surface area contributed by atoms with E-state index in [-0.39, 0.29) is 6.04 Å². The molecule has 154 valence electrons. The van der Waals surface area contributed by atoms with Crippen LogP contribution in [0.4, 0.5) is 17.5 Å². The Morgan fingerprint density at radius 1 is 1.03 bits per heavy atom. The van der Waals surface area contributed by atoms with E-state index in [1.165, 1.54) is 5.56 Å². The van der Waals surface area contributed by atoms with E-state index in [2.05, 4.69) is 51.6 Å². The Hall–Kier alpha value is -3.68. The molecule has 30 heavy (non-hydrogen) atoms. The highest BCUT2D eigenvalue weighted by molar-refractivity contribution is 5.84. The number of fused-ring (bicyclic) bond motifs is 1. The van der Waals surface area contributed by atoms with Crippen molar-refractivity contribution in [2.75, 3.05) is 24.3 Å². The predicted octanol–water partition coefficient (Wildman–Crippen LogP) is 4.21. The van der Waals surface area contributed by atoms with Crippen LogP contribution >= 0.6 is 0 Å². The summed E-state index contributed by atoms with van der Waals surface area (Å²) in [6.45, 7) is 4.94. The van der Waals surface area contributed by atoms with Gasteiger partial charge in [-0.05, 0) is 50.1 Å².